The highest BCUT2D eigenvalue weighted by atomic mass is 35.5. The molecule has 1 N–H and O–H groups in total. The predicted octanol–water partition coefficient (Wildman–Crippen LogP) is 4.77. The maximum Gasteiger partial charge on any atom is 0.260 e. The Balaban J connectivity index is 1.66. The summed E-state index contributed by atoms with van der Waals surface area (Å²) in [4.78, 5) is 25.9. The number of nitrogens with zero attached hydrogens (tertiary/aromatic N) is 4. The topological polar surface area (TPSA) is 71.2 Å². The number of anilines is 1. The maximum atomic E-state index is 14.5. The zero-order valence-corrected chi connectivity index (χ0v) is 20.6. The van der Waals surface area contributed by atoms with E-state index in [1.54, 1.807) is 0 Å². The van der Waals surface area contributed by atoms with Crippen LogP contribution in [0.2, 0.25) is 5.02 Å². The number of hydrogen-bond acceptors (Lipinski definition) is 5. The van der Waals surface area contributed by atoms with Crippen LogP contribution in [0.5, 0.6) is 0 Å². The summed E-state index contributed by atoms with van der Waals surface area (Å²) < 4.78 is 2.05. The van der Waals surface area contributed by atoms with Crippen LogP contribution in [-0.4, -0.2) is 39.8 Å². The molecule has 0 amide bonds. The number of rotatable bonds is 5. The molecule has 4 saturated carbocycles. The third-order valence-electron chi connectivity index (χ3n) is 8.56. The molecule has 4 bridgehead atoms. The van der Waals surface area contributed by atoms with Gasteiger partial charge in [-0.15, -0.1) is 0 Å². The highest BCUT2D eigenvalue weighted by Gasteiger charge is 2.53. The van der Waals surface area contributed by atoms with Crippen LogP contribution in [0.4, 0.5) is 5.95 Å². The minimum Gasteiger partial charge on any atom is -0.395 e. The van der Waals surface area contributed by atoms with Crippen molar-refractivity contribution in [2.45, 2.75) is 51.0 Å². The van der Waals surface area contributed by atoms with Gasteiger partial charge in [0, 0.05) is 35.8 Å². The van der Waals surface area contributed by atoms with Gasteiger partial charge in [-0.1, -0.05) is 29.8 Å². The number of benzene rings is 1. The Bertz CT molecular complexity index is 1300. The van der Waals surface area contributed by atoms with E-state index < -0.39 is 0 Å². The molecule has 7 rings (SSSR count). The van der Waals surface area contributed by atoms with Gasteiger partial charge in [-0.25, -0.2) is 4.98 Å². The number of aryl methyl sites for hydroxylation is 1. The molecule has 0 aliphatic heterocycles. The molecule has 178 valence electrons. The molecule has 34 heavy (non-hydrogen) atoms. The highest BCUT2D eigenvalue weighted by molar-refractivity contribution is 6.33. The normalized spacial score (nSPS) is 27.5. The molecular weight excluding hydrogens is 448 g/mol. The molecule has 2 aromatic heterocycles. The number of aromatic nitrogens is 3. The minimum absolute atomic E-state index is 0.00881. The van der Waals surface area contributed by atoms with E-state index >= 15 is 0 Å². The van der Waals surface area contributed by atoms with Crippen molar-refractivity contribution in [1.82, 2.24) is 14.5 Å². The lowest BCUT2D eigenvalue weighted by Crippen LogP contribution is -2.55. The predicted molar refractivity (Wildman–Crippen MR) is 135 cm³/mol. The van der Waals surface area contributed by atoms with Crippen LogP contribution in [-0.2, 0) is 5.54 Å². The van der Waals surface area contributed by atoms with Crippen LogP contribution in [0.25, 0.3) is 22.2 Å². The Kier molecular flexibility index (Phi) is 5.23. The van der Waals surface area contributed by atoms with Gasteiger partial charge >= 0.3 is 0 Å². The van der Waals surface area contributed by atoms with E-state index in [-0.39, 0.29) is 17.7 Å². The summed E-state index contributed by atoms with van der Waals surface area (Å²) in [5, 5.41) is 10.9. The lowest BCUT2D eigenvalue weighted by Gasteiger charge is -2.57. The van der Waals surface area contributed by atoms with Crippen LogP contribution < -0.4 is 10.5 Å². The number of fused-ring (bicyclic) bond motifs is 1. The van der Waals surface area contributed by atoms with E-state index in [4.69, 9.17) is 16.6 Å². The van der Waals surface area contributed by atoms with Crippen molar-refractivity contribution < 1.29 is 5.11 Å². The molecule has 7 heteroatoms. The lowest BCUT2D eigenvalue weighted by atomic mass is 9.53. The summed E-state index contributed by atoms with van der Waals surface area (Å²) >= 11 is 6.62. The number of likely N-dealkylation sites (N-methyl/N-ethyl adjacent to an activating group) is 1. The molecule has 2 heterocycles. The zero-order valence-electron chi connectivity index (χ0n) is 19.8. The van der Waals surface area contributed by atoms with Crippen molar-refractivity contribution in [1.29, 1.82) is 0 Å². The molecule has 0 atom stereocenters. The third-order valence-corrected chi connectivity index (χ3v) is 8.89. The Morgan fingerprint density at radius 3 is 2.41 bits per heavy atom. The Labute approximate surface area is 204 Å². The average Bonchev–Trinajstić information content (AvgIpc) is 2.79. The molecule has 4 aliphatic carbocycles. The Hall–Kier alpha value is -2.44. The van der Waals surface area contributed by atoms with Gasteiger partial charge < -0.3 is 10.0 Å². The van der Waals surface area contributed by atoms with Gasteiger partial charge in [-0.3, -0.25) is 9.36 Å². The molecule has 4 fully saturated rings. The number of aliphatic hydroxyl groups is 1. The maximum absolute atomic E-state index is 14.5. The second kappa shape index (κ2) is 8.06. The van der Waals surface area contributed by atoms with Crippen molar-refractivity contribution in [2.24, 2.45) is 17.8 Å². The smallest absolute Gasteiger partial charge is 0.260 e. The second-order valence-corrected chi connectivity index (χ2v) is 11.2. The van der Waals surface area contributed by atoms with Crippen LogP contribution in [0.1, 0.15) is 44.1 Å². The summed E-state index contributed by atoms with van der Waals surface area (Å²) in [6.45, 7) is 2.43. The first-order chi connectivity index (χ1) is 16.4. The number of pyridine rings is 1. The molecule has 3 aromatic rings. The first-order valence-electron chi connectivity index (χ1n) is 12.4. The van der Waals surface area contributed by atoms with Gasteiger partial charge in [0.2, 0.25) is 5.95 Å². The summed E-state index contributed by atoms with van der Waals surface area (Å²) in [6.07, 6.45) is 8.89. The largest absolute Gasteiger partial charge is 0.395 e. The molecule has 6 nitrogen and oxygen atoms in total. The van der Waals surface area contributed by atoms with Gasteiger partial charge in [-0.2, -0.15) is 4.98 Å². The summed E-state index contributed by atoms with van der Waals surface area (Å²) in [6, 6.07) is 7.61. The summed E-state index contributed by atoms with van der Waals surface area (Å²) in [5.41, 5.74) is 2.83. The lowest BCUT2D eigenvalue weighted by molar-refractivity contribution is -0.0426. The van der Waals surface area contributed by atoms with Gasteiger partial charge in [0.05, 0.1) is 17.7 Å². The minimum atomic E-state index is -0.199. The quantitative estimate of drug-likeness (QED) is 0.571. The fourth-order valence-electron chi connectivity index (χ4n) is 7.50. The van der Waals surface area contributed by atoms with E-state index in [9.17, 15) is 9.90 Å². The van der Waals surface area contributed by atoms with Gasteiger partial charge in [-0.05, 0) is 74.8 Å². The SMILES string of the molecule is Cc1c(-c2ccccc2Cl)c(=O)n(C23CC4CC(CC(C4)C2)C3)c2nc(N(C)CCO)ncc12. The van der Waals surface area contributed by atoms with Crippen molar-refractivity contribution in [3.63, 3.8) is 0 Å². The fraction of sp³-hybridized carbons (Fsp3) is 0.519. The fourth-order valence-corrected chi connectivity index (χ4v) is 7.73. The van der Waals surface area contributed by atoms with E-state index in [0.717, 1.165) is 41.4 Å². The van der Waals surface area contributed by atoms with Crippen molar-refractivity contribution in [2.75, 3.05) is 25.1 Å². The molecule has 1 aromatic carbocycles. The molecule has 0 saturated heterocycles. The van der Waals surface area contributed by atoms with Crippen LogP contribution in [0.3, 0.4) is 0 Å². The van der Waals surface area contributed by atoms with Gasteiger partial charge in [0.1, 0.15) is 5.65 Å². The van der Waals surface area contributed by atoms with Crippen molar-refractivity contribution in [3.8, 4) is 11.1 Å². The third kappa shape index (κ3) is 3.29. The van der Waals surface area contributed by atoms with Gasteiger partial charge in [0.25, 0.3) is 5.56 Å². The van der Waals surface area contributed by atoms with E-state index in [0.29, 0.717) is 40.8 Å². The molecule has 0 unspecified atom stereocenters. The Morgan fingerprint density at radius 1 is 1.15 bits per heavy atom. The van der Waals surface area contributed by atoms with E-state index in [2.05, 4.69) is 9.55 Å². The standard InChI is InChI=1S/C27H31ClN4O2/c1-16-21-15-29-26(31(2)7-8-33)30-24(21)32(25(34)23(16)20-5-3-4-6-22(20)28)27-12-17-9-18(13-27)11-19(10-17)14-27/h3-6,15,17-19,33H,7-14H2,1-2H3. The van der Waals surface area contributed by atoms with Crippen LogP contribution in [0, 0.1) is 24.7 Å². The number of halogens is 1. The van der Waals surface area contributed by atoms with E-state index in [1.165, 1.54) is 19.3 Å². The first kappa shape index (κ1) is 22.1. The number of hydrogen-bond donors (Lipinski definition) is 1. The number of aliphatic hydroxyl groups excluding tert-OH is 1. The molecular formula is C27H31ClN4O2. The first-order valence-corrected chi connectivity index (χ1v) is 12.8. The second-order valence-electron chi connectivity index (χ2n) is 10.8. The van der Waals surface area contributed by atoms with E-state index in [1.807, 2.05) is 49.3 Å². The van der Waals surface area contributed by atoms with Crippen molar-refractivity contribution in [3.05, 3.63) is 51.4 Å². The molecule has 0 radical (unpaired) electrons. The monoisotopic (exact) mass is 478 g/mol. The summed E-state index contributed by atoms with van der Waals surface area (Å²) in [7, 11) is 1.87. The average molecular weight is 479 g/mol. The van der Waals surface area contributed by atoms with Crippen LogP contribution in [0.15, 0.2) is 35.3 Å². The zero-order chi connectivity index (χ0) is 23.6. The highest BCUT2D eigenvalue weighted by Crippen LogP contribution is 2.59. The van der Waals surface area contributed by atoms with Crippen molar-refractivity contribution >= 4 is 28.6 Å². The Morgan fingerprint density at radius 2 is 1.79 bits per heavy atom. The molecule has 0 spiro atoms. The van der Waals surface area contributed by atoms with Crippen LogP contribution >= 0.6 is 11.6 Å². The summed E-state index contributed by atoms with van der Waals surface area (Å²) in [5.74, 6) is 2.61. The molecule has 4 aliphatic rings. The van der Waals surface area contributed by atoms with Gasteiger partial charge in [0.15, 0.2) is 0 Å².